The third-order valence-electron chi connectivity index (χ3n) is 15.7. The van der Waals surface area contributed by atoms with Crippen LogP contribution < -0.4 is 0 Å². The van der Waals surface area contributed by atoms with Gasteiger partial charge in [-0.3, -0.25) is 71.9 Å². The quantitative estimate of drug-likeness (QED) is 0.0606. The minimum atomic E-state index is -3.94. The van der Waals surface area contributed by atoms with Crippen molar-refractivity contribution in [1.29, 1.82) is 0 Å². The Morgan fingerprint density at radius 1 is 0.210 bits per heavy atom. The monoisotopic (exact) mass is 1170 g/mol. The molecule has 0 radical (unpaired) electrons. The zero-order chi connectivity index (χ0) is 65.4. The molecule has 3 heterocycles. The van der Waals surface area contributed by atoms with Gasteiger partial charge in [-0.05, 0) is 83.1 Å². The van der Waals surface area contributed by atoms with Gasteiger partial charge >= 0.3 is 0 Å². The number of hydrogen-bond acceptors (Lipinski definition) is 33. The van der Waals surface area contributed by atoms with Crippen LogP contribution in [0.4, 0.5) is 0 Å². The first-order valence-electron chi connectivity index (χ1n) is 23.2. The fourth-order valence-corrected chi connectivity index (χ4v) is 11.0. The largest absolute Gasteiger partial charge is 0.393 e. The third kappa shape index (κ3) is 8.08. The average molecular weight is 1170 g/mol. The highest BCUT2D eigenvalue weighted by Gasteiger charge is 2.91. The van der Waals surface area contributed by atoms with E-state index < -0.39 is 191 Å². The fourth-order valence-electron chi connectivity index (χ4n) is 11.0. The first-order valence-corrected chi connectivity index (χ1v) is 23.2. The molecule has 3 rings (SSSR count). The Morgan fingerprint density at radius 2 is 0.333 bits per heavy atom. The molecular formula is C48H66O33. The SMILES string of the molecule is CC(=O)C1(O)O[C@@](CO)(C(C)=O)[C@@](O)(C(C)=O)[C@@](O)(C(C)=O)[C@]1(O)C(C)=O.CC(=O)C1(O)O[C@@](CO)(C(C)=O)[C@](O)(C(C)=O)[C@@](O)(C(C)=O)[C@@]1(O)C(C)=O.CC(=O)C1(O)O[C@@](CO)(C(C)=O)[C@](O)(C(C)=O)[C@@](O)(C(C)=O)[C@]1(O)C(C)=O. The Kier molecular flexibility index (Phi) is 19.8. The molecule has 0 amide bonds. The number of hydrogen-bond donors (Lipinski definition) is 15. The Hall–Kier alpha value is -5.67. The number of carbonyl (C=O) groups is 15. The lowest BCUT2D eigenvalue weighted by Crippen LogP contribution is -2.94. The summed E-state index contributed by atoms with van der Waals surface area (Å²) in [4.78, 5) is 184. The molecule has 0 bridgehead atoms. The molecule has 3 unspecified atom stereocenters. The van der Waals surface area contributed by atoms with E-state index >= 15 is 0 Å². The van der Waals surface area contributed by atoms with E-state index in [-0.39, 0.29) is 0 Å². The van der Waals surface area contributed by atoms with Gasteiger partial charge in [-0.15, -0.1) is 0 Å². The van der Waals surface area contributed by atoms with Gasteiger partial charge in [-0.1, -0.05) is 0 Å². The van der Waals surface area contributed by atoms with Crippen LogP contribution in [0.15, 0.2) is 0 Å². The molecule has 0 aromatic heterocycles. The molecule has 3 aliphatic rings. The summed E-state index contributed by atoms with van der Waals surface area (Å²) in [6.07, 6.45) is 0. The van der Waals surface area contributed by atoms with Gasteiger partial charge in [0.15, 0.2) is 104 Å². The van der Waals surface area contributed by atoms with Crippen LogP contribution >= 0.6 is 0 Å². The van der Waals surface area contributed by atoms with Crippen molar-refractivity contribution >= 4 is 86.7 Å². The normalized spacial score (nSPS) is 41.7. The first kappa shape index (κ1) is 73.3. The lowest BCUT2D eigenvalue weighted by molar-refractivity contribution is -0.409. The third-order valence-corrected chi connectivity index (χ3v) is 15.7. The van der Waals surface area contributed by atoms with Gasteiger partial charge in [-0.2, -0.15) is 0 Å². The summed E-state index contributed by atoms with van der Waals surface area (Å²) in [6.45, 7) is 4.00. The van der Waals surface area contributed by atoms with Gasteiger partial charge in [0.1, 0.15) is 0 Å². The van der Waals surface area contributed by atoms with Crippen LogP contribution in [0.5, 0.6) is 0 Å². The highest BCUT2D eigenvalue weighted by molar-refractivity contribution is 6.15. The van der Waals surface area contributed by atoms with Crippen LogP contribution in [-0.2, 0) is 86.1 Å². The number of rotatable bonds is 18. The number of ether oxygens (including phenoxy) is 3. The van der Waals surface area contributed by atoms with Crippen LogP contribution in [0.3, 0.4) is 0 Å². The second-order valence-corrected chi connectivity index (χ2v) is 19.9. The van der Waals surface area contributed by atoms with Crippen LogP contribution in [0.25, 0.3) is 0 Å². The van der Waals surface area contributed by atoms with E-state index in [1.165, 1.54) is 0 Å². The predicted octanol–water partition coefficient (Wildman–Crippen LogP) is -10.3. The zero-order valence-electron chi connectivity index (χ0n) is 46.2. The smallest absolute Gasteiger partial charge is 0.268 e. The Morgan fingerprint density at radius 3 is 0.407 bits per heavy atom. The lowest BCUT2D eigenvalue weighted by Gasteiger charge is -2.63. The van der Waals surface area contributed by atoms with E-state index in [1.807, 2.05) is 0 Å². The number of aliphatic hydroxyl groups excluding tert-OH is 3. The average Bonchev–Trinajstić information content (AvgIpc) is 3.34. The molecule has 15 atom stereocenters. The molecule has 3 fully saturated rings. The Labute approximate surface area is 457 Å². The molecule has 3 saturated heterocycles. The lowest BCUT2D eigenvalue weighted by atomic mass is 9.53. The predicted molar refractivity (Wildman–Crippen MR) is 252 cm³/mol. The topological polar surface area (TPSA) is 587 Å². The molecule has 0 saturated carbocycles. The maximum Gasteiger partial charge on any atom is 0.268 e. The van der Waals surface area contributed by atoms with Gasteiger partial charge in [0.2, 0.25) is 50.4 Å². The zero-order valence-corrected chi connectivity index (χ0v) is 46.2. The summed E-state index contributed by atoms with van der Waals surface area (Å²) in [5.41, 5.74) is -44.5. The van der Waals surface area contributed by atoms with Gasteiger partial charge in [0.05, 0.1) is 19.8 Å². The van der Waals surface area contributed by atoms with Crippen LogP contribution in [0, 0.1) is 0 Å². The number of aliphatic hydroxyl groups is 15. The molecule has 0 aliphatic carbocycles. The van der Waals surface area contributed by atoms with Crippen molar-refractivity contribution in [2.75, 3.05) is 19.8 Å². The summed E-state index contributed by atoms with van der Waals surface area (Å²) in [6, 6.07) is 0. The molecule has 81 heavy (non-hydrogen) atoms. The molecule has 33 heteroatoms. The van der Waals surface area contributed by atoms with Crippen molar-refractivity contribution in [2.45, 2.75) is 188 Å². The maximum atomic E-state index is 12.4. The highest BCUT2D eigenvalue weighted by atomic mass is 16.7. The van der Waals surface area contributed by atoms with E-state index in [0.717, 1.165) is 0 Å². The molecular weight excluding hydrogens is 1100 g/mol. The number of Topliss-reactive ketones (excluding diaryl/α,β-unsaturated/α-hetero) is 15. The second kappa shape index (κ2) is 21.8. The van der Waals surface area contributed by atoms with E-state index in [9.17, 15) is 149 Å². The minimum Gasteiger partial charge on any atom is -0.393 e. The van der Waals surface area contributed by atoms with Crippen molar-refractivity contribution in [3.63, 3.8) is 0 Å². The van der Waals surface area contributed by atoms with Gasteiger partial charge in [-0.25, -0.2) is 0 Å². The summed E-state index contributed by atoms with van der Waals surface area (Å²) >= 11 is 0. The maximum absolute atomic E-state index is 12.4. The van der Waals surface area contributed by atoms with Crippen LogP contribution in [0.1, 0.15) is 104 Å². The minimum absolute atomic E-state index is 0.538. The van der Waals surface area contributed by atoms with Crippen LogP contribution in [0.2, 0.25) is 0 Å². The second-order valence-electron chi connectivity index (χ2n) is 19.9. The number of ketones is 15. The van der Waals surface area contributed by atoms with Gasteiger partial charge < -0.3 is 90.8 Å². The number of carbonyl (C=O) groups excluding carboxylic acids is 15. The summed E-state index contributed by atoms with van der Waals surface area (Å²) in [5, 5.41) is 161. The van der Waals surface area contributed by atoms with Crippen molar-refractivity contribution in [3.8, 4) is 0 Å². The molecule has 0 aromatic carbocycles. The van der Waals surface area contributed by atoms with Gasteiger partial charge in [0, 0.05) is 20.8 Å². The first-order chi connectivity index (χ1) is 36.0. The standard InChI is InChI=1S/3C16H22O11/c3*1-7(18)12(6-17)13(23,8(2)19)14(24,9(3)20)15(25,10(4)21)16(26,27-12)11(5)22/h3*17,23-26H,6H2,1-5H3/t12-,13+,14-,15+,16?;12-,13+,14-,15-,16?;12-,13-,14-,15+,16?/m000/s1. The molecule has 0 spiro atoms. The summed E-state index contributed by atoms with van der Waals surface area (Å²) < 4.78 is 14.7. The van der Waals surface area contributed by atoms with E-state index in [0.29, 0.717) is 104 Å². The fraction of sp³-hybridized carbons (Fsp3) is 0.688. The van der Waals surface area contributed by atoms with Crippen molar-refractivity contribution in [1.82, 2.24) is 0 Å². The Bertz CT molecular complexity index is 2530. The van der Waals surface area contributed by atoms with E-state index in [2.05, 4.69) is 0 Å². The van der Waals surface area contributed by atoms with Crippen LogP contribution in [-0.4, -0.2) is 268 Å². The van der Waals surface area contributed by atoms with Crippen molar-refractivity contribution < 1.29 is 163 Å². The summed E-state index contributed by atoms with van der Waals surface area (Å²) in [5.74, 6) is -34.6. The van der Waals surface area contributed by atoms with E-state index in [1.54, 1.807) is 0 Å². The molecule has 0 aromatic rings. The Balaban J connectivity index is 0.000000607. The van der Waals surface area contributed by atoms with Crippen molar-refractivity contribution in [2.24, 2.45) is 0 Å². The molecule has 3 aliphatic heterocycles. The molecule has 456 valence electrons. The molecule has 15 N–H and O–H groups in total. The van der Waals surface area contributed by atoms with Crippen molar-refractivity contribution in [3.05, 3.63) is 0 Å². The molecule has 33 nitrogen and oxygen atoms in total. The highest BCUT2D eigenvalue weighted by Crippen LogP contribution is 2.58. The summed E-state index contributed by atoms with van der Waals surface area (Å²) in [7, 11) is 0. The van der Waals surface area contributed by atoms with E-state index in [4.69, 9.17) is 14.2 Å². The van der Waals surface area contributed by atoms with Gasteiger partial charge in [0.25, 0.3) is 17.4 Å².